The van der Waals surface area contributed by atoms with E-state index >= 15 is 0 Å². The molecule has 2 aromatic heterocycles. The summed E-state index contributed by atoms with van der Waals surface area (Å²) in [5.74, 6) is 2.51. The van der Waals surface area contributed by atoms with E-state index in [-0.39, 0.29) is 0 Å². The fraction of sp³-hybridized carbons (Fsp3) is 0.350. The molecule has 1 aliphatic heterocycles. The molecule has 0 bridgehead atoms. The molecule has 25 heavy (non-hydrogen) atoms. The summed E-state index contributed by atoms with van der Waals surface area (Å²) in [6.45, 7) is 3.10. The Kier molecular flexibility index (Phi) is 4.57. The number of likely N-dealkylation sites (tertiary alicyclic amines) is 1. The van der Waals surface area contributed by atoms with Gasteiger partial charge in [0.15, 0.2) is 0 Å². The molecule has 0 unspecified atom stereocenters. The van der Waals surface area contributed by atoms with Gasteiger partial charge in [0.05, 0.1) is 11.9 Å². The summed E-state index contributed by atoms with van der Waals surface area (Å²) in [7, 11) is 2.11. The predicted molar refractivity (Wildman–Crippen MR) is 97.9 cm³/mol. The van der Waals surface area contributed by atoms with E-state index in [4.69, 9.17) is 0 Å². The predicted octanol–water partition coefficient (Wildman–Crippen LogP) is 3.26. The van der Waals surface area contributed by atoms with Crippen molar-refractivity contribution in [2.75, 3.05) is 13.1 Å². The second-order valence-corrected chi connectivity index (χ2v) is 6.66. The number of nitrogens with zero attached hydrogens (tertiary/aromatic N) is 5. The molecule has 0 spiro atoms. The molecule has 0 N–H and O–H groups in total. The first kappa shape index (κ1) is 16.0. The van der Waals surface area contributed by atoms with Gasteiger partial charge in [0, 0.05) is 37.5 Å². The van der Waals surface area contributed by atoms with Crippen molar-refractivity contribution in [3.8, 4) is 11.4 Å². The van der Waals surface area contributed by atoms with Gasteiger partial charge in [-0.05, 0) is 32.0 Å². The summed E-state index contributed by atoms with van der Waals surface area (Å²) in [5, 5.41) is 0. The second-order valence-electron chi connectivity index (χ2n) is 6.66. The van der Waals surface area contributed by atoms with Crippen molar-refractivity contribution >= 4 is 0 Å². The van der Waals surface area contributed by atoms with Gasteiger partial charge in [-0.3, -0.25) is 4.90 Å². The van der Waals surface area contributed by atoms with Crippen LogP contribution in [-0.4, -0.2) is 37.5 Å². The highest BCUT2D eigenvalue weighted by Gasteiger charge is 2.23. The van der Waals surface area contributed by atoms with Gasteiger partial charge in [0.1, 0.15) is 11.6 Å². The zero-order valence-corrected chi connectivity index (χ0v) is 14.5. The van der Waals surface area contributed by atoms with Gasteiger partial charge in [-0.1, -0.05) is 30.3 Å². The summed E-state index contributed by atoms with van der Waals surface area (Å²) < 4.78 is 2.21. The van der Waals surface area contributed by atoms with Crippen LogP contribution in [-0.2, 0) is 13.6 Å². The van der Waals surface area contributed by atoms with Crippen molar-refractivity contribution in [3.05, 3.63) is 66.5 Å². The number of hydrogen-bond donors (Lipinski definition) is 0. The Bertz CT molecular complexity index is 805. The maximum absolute atomic E-state index is 4.63. The van der Waals surface area contributed by atoms with Gasteiger partial charge in [0.25, 0.3) is 0 Å². The fourth-order valence-corrected chi connectivity index (χ4v) is 3.55. The van der Waals surface area contributed by atoms with E-state index in [1.165, 1.54) is 5.69 Å². The van der Waals surface area contributed by atoms with Crippen LogP contribution in [0.15, 0.2) is 55.0 Å². The minimum Gasteiger partial charge on any atom is -0.330 e. The van der Waals surface area contributed by atoms with Crippen molar-refractivity contribution in [1.29, 1.82) is 0 Å². The van der Waals surface area contributed by atoms with Crippen molar-refractivity contribution in [2.45, 2.75) is 25.3 Å². The van der Waals surface area contributed by atoms with Crippen LogP contribution >= 0.6 is 0 Å². The molecule has 1 aliphatic rings. The molecule has 1 aromatic carbocycles. The van der Waals surface area contributed by atoms with E-state index in [1.807, 2.05) is 30.7 Å². The molecule has 1 fully saturated rings. The number of benzene rings is 1. The van der Waals surface area contributed by atoms with Crippen LogP contribution in [0.2, 0.25) is 0 Å². The Hall–Kier alpha value is -2.53. The molecule has 0 aliphatic carbocycles. The maximum Gasteiger partial charge on any atom is 0.139 e. The summed E-state index contributed by atoms with van der Waals surface area (Å²) in [6, 6.07) is 12.2. The summed E-state index contributed by atoms with van der Waals surface area (Å²) in [4.78, 5) is 16.0. The lowest BCUT2D eigenvalue weighted by molar-refractivity contribution is 0.198. The number of aromatic nitrogens is 4. The Morgan fingerprint density at radius 2 is 1.68 bits per heavy atom. The van der Waals surface area contributed by atoms with Crippen LogP contribution in [0, 0.1) is 0 Å². The monoisotopic (exact) mass is 333 g/mol. The average Bonchev–Trinajstić information content (AvgIpc) is 3.04. The molecular formula is C20H23N5. The number of hydrogen-bond acceptors (Lipinski definition) is 4. The third kappa shape index (κ3) is 3.46. The Morgan fingerprint density at radius 1 is 0.960 bits per heavy atom. The topological polar surface area (TPSA) is 46.8 Å². The van der Waals surface area contributed by atoms with Gasteiger partial charge in [-0.2, -0.15) is 0 Å². The van der Waals surface area contributed by atoms with Gasteiger partial charge >= 0.3 is 0 Å². The van der Waals surface area contributed by atoms with Crippen molar-refractivity contribution in [1.82, 2.24) is 24.4 Å². The van der Waals surface area contributed by atoms with Crippen LogP contribution in [0.3, 0.4) is 0 Å². The molecule has 0 atom stereocenters. The molecule has 1 saturated heterocycles. The third-order valence-corrected chi connectivity index (χ3v) is 5.04. The highest BCUT2D eigenvalue weighted by Crippen LogP contribution is 2.26. The van der Waals surface area contributed by atoms with Crippen LogP contribution in [0.1, 0.15) is 30.3 Å². The van der Waals surface area contributed by atoms with Crippen molar-refractivity contribution in [3.63, 3.8) is 0 Å². The number of piperidine rings is 1. The van der Waals surface area contributed by atoms with Crippen LogP contribution in [0.25, 0.3) is 11.4 Å². The molecular weight excluding hydrogens is 310 g/mol. The Morgan fingerprint density at radius 3 is 2.40 bits per heavy atom. The van der Waals surface area contributed by atoms with Crippen LogP contribution in [0.5, 0.6) is 0 Å². The smallest absolute Gasteiger partial charge is 0.139 e. The lowest BCUT2D eigenvalue weighted by Gasteiger charge is -2.31. The standard InChI is InChI=1S/C20H23N5/c1-24-18(14-23-20(24)17-6-3-2-4-7-17)15-25-12-8-16(9-13-25)19-21-10-5-11-22-19/h2-7,10-11,14,16H,8-9,12-13,15H2,1H3. The number of rotatable bonds is 4. The van der Waals surface area contributed by atoms with Gasteiger partial charge in [-0.25, -0.2) is 15.0 Å². The lowest BCUT2D eigenvalue weighted by Crippen LogP contribution is -2.33. The third-order valence-electron chi connectivity index (χ3n) is 5.04. The molecule has 4 rings (SSSR count). The molecule has 0 saturated carbocycles. The molecule has 5 nitrogen and oxygen atoms in total. The zero-order valence-electron chi connectivity index (χ0n) is 14.5. The minimum absolute atomic E-state index is 0.490. The van der Waals surface area contributed by atoms with E-state index in [2.05, 4.69) is 55.7 Å². The molecule has 0 radical (unpaired) electrons. The molecule has 0 amide bonds. The van der Waals surface area contributed by atoms with Crippen LogP contribution < -0.4 is 0 Å². The van der Waals surface area contributed by atoms with Gasteiger partial charge < -0.3 is 4.57 Å². The highest BCUT2D eigenvalue weighted by molar-refractivity contribution is 5.55. The maximum atomic E-state index is 4.63. The van der Waals surface area contributed by atoms with Crippen molar-refractivity contribution < 1.29 is 0 Å². The summed E-state index contributed by atoms with van der Waals surface area (Å²) >= 11 is 0. The normalized spacial score (nSPS) is 16.2. The quantitative estimate of drug-likeness (QED) is 0.735. The first-order valence-electron chi connectivity index (χ1n) is 8.86. The summed E-state index contributed by atoms with van der Waals surface area (Å²) in [5.41, 5.74) is 2.42. The molecule has 3 heterocycles. The zero-order chi connectivity index (χ0) is 17.1. The fourth-order valence-electron chi connectivity index (χ4n) is 3.55. The molecule has 128 valence electrons. The van der Waals surface area contributed by atoms with Crippen molar-refractivity contribution in [2.24, 2.45) is 7.05 Å². The van der Waals surface area contributed by atoms with E-state index in [9.17, 15) is 0 Å². The first-order valence-corrected chi connectivity index (χ1v) is 8.86. The molecule has 3 aromatic rings. The van der Waals surface area contributed by atoms with Gasteiger partial charge in [-0.15, -0.1) is 0 Å². The Labute approximate surface area is 148 Å². The van der Waals surface area contributed by atoms with E-state index in [1.54, 1.807) is 0 Å². The minimum atomic E-state index is 0.490. The Balaban J connectivity index is 1.40. The lowest BCUT2D eigenvalue weighted by atomic mass is 9.96. The highest BCUT2D eigenvalue weighted by atomic mass is 15.2. The first-order chi connectivity index (χ1) is 12.3. The summed E-state index contributed by atoms with van der Waals surface area (Å²) in [6.07, 6.45) is 7.93. The van der Waals surface area contributed by atoms with E-state index in [0.29, 0.717) is 5.92 Å². The largest absolute Gasteiger partial charge is 0.330 e. The molecule has 5 heteroatoms. The van der Waals surface area contributed by atoms with Gasteiger partial charge in [0.2, 0.25) is 0 Å². The van der Waals surface area contributed by atoms with E-state index < -0.39 is 0 Å². The average molecular weight is 333 g/mol. The SMILES string of the molecule is Cn1c(CN2CCC(c3ncccn3)CC2)cnc1-c1ccccc1. The second kappa shape index (κ2) is 7.15. The van der Waals surface area contributed by atoms with E-state index in [0.717, 1.165) is 49.7 Å². The van der Waals surface area contributed by atoms with Crippen LogP contribution in [0.4, 0.5) is 0 Å². The number of imidazole rings is 1.